The molecule has 1 rings (SSSR count). The van der Waals surface area contributed by atoms with Crippen molar-refractivity contribution in [2.24, 2.45) is 5.92 Å². The van der Waals surface area contributed by atoms with Gasteiger partial charge in [-0.15, -0.1) is 0 Å². The third-order valence-electron chi connectivity index (χ3n) is 2.97. The molecule has 0 fully saturated rings. The normalized spacial score (nSPS) is 11.8. The Morgan fingerprint density at radius 1 is 1.08 bits per heavy atom. The molecule has 130 valence electrons. The largest absolute Gasteiger partial charge is 0.466 e. The maximum atomic E-state index is 11.9. The molecule has 1 atom stereocenters. The van der Waals surface area contributed by atoms with Crippen molar-refractivity contribution in [3.8, 4) is 0 Å². The Kier molecular flexibility index (Phi) is 8.04. The van der Waals surface area contributed by atoms with Gasteiger partial charge in [0.2, 0.25) is 0 Å². The monoisotopic (exact) mass is 335 g/mol. The zero-order valence-electron chi connectivity index (χ0n) is 13.9. The minimum atomic E-state index is -0.724. The van der Waals surface area contributed by atoms with Crippen LogP contribution in [0.25, 0.3) is 0 Å². The van der Waals surface area contributed by atoms with Crippen LogP contribution in [0.2, 0.25) is 0 Å². The molecule has 7 heteroatoms. The van der Waals surface area contributed by atoms with E-state index in [1.54, 1.807) is 24.3 Å². The molecule has 1 aromatic carbocycles. The number of nitrogens with one attached hydrogen (secondary N) is 1. The highest BCUT2D eigenvalue weighted by molar-refractivity contribution is 5.91. The first kappa shape index (κ1) is 19.2. The standard InChI is InChI=1S/C17H21NO6/c1-12(2)14(11-23-16(20)10-9-15(19)22-3)24-17(21)18-13-7-5-4-6-8-13/h4-10,12,14H,11H2,1-3H3,(H,18,21). The van der Waals surface area contributed by atoms with E-state index in [0.29, 0.717) is 5.69 Å². The van der Waals surface area contributed by atoms with Gasteiger partial charge in [-0.25, -0.2) is 14.4 Å². The highest BCUT2D eigenvalue weighted by atomic mass is 16.6. The number of esters is 2. The van der Waals surface area contributed by atoms with Crippen molar-refractivity contribution in [3.05, 3.63) is 42.5 Å². The number of hydrogen-bond acceptors (Lipinski definition) is 6. The van der Waals surface area contributed by atoms with Gasteiger partial charge in [-0.05, 0) is 18.1 Å². The minimum absolute atomic E-state index is 0.0658. The Bertz CT molecular complexity index is 582. The molecule has 0 aliphatic carbocycles. The fourth-order valence-corrected chi connectivity index (χ4v) is 1.59. The molecule has 0 aliphatic heterocycles. The van der Waals surface area contributed by atoms with Gasteiger partial charge in [-0.2, -0.15) is 0 Å². The lowest BCUT2D eigenvalue weighted by atomic mass is 10.1. The van der Waals surface area contributed by atoms with Gasteiger partial charge in [-0.1, -0.05) is 32.0 Å². The quantitative estimate of drug-likeness (QED) is 0.468. The maximum Gasteiger partial charge on any atom is 0.412 e. The van der Waals surface area contributed by atoms with E-state index >= 15 is 0 Å². The molecule has 0 aliphatic rings. The molecule has 1 N–H and O–H groups in total. The van der Waals surface area contributed by atoms with Gasteiger partial charge in [0, 0.05) is 17.8 Å². The van der Waals surface area contributed by atoms with Crippen LogP contribution in [0.15, 0.2) is 42.5 Å². The molecule has 7 nitrogen and oxygen atoms in total. The van der Waals surface area contributed by atoms with Gasteiger partial charge in [-0.3, -0.25) is 5.32 Å². The maximum absolute atomic E-state index is 11.9. The van der Waals surface area contributed by atoms with Gasteiger partial charge in [0.05, 0.1) is 7.11 Å². The fraction of sp³-hybridized carbons (Fsp3) is 0.353. The average molecular weight is 335 g/mol. The lowest BCUT2D eigenvalue weighted by Gasteiger charge is -2.21. The molecule has 1 unspecified atom stereocenters. The van der Waals surface area contributed by atoms with E-state index in [2.05, 4.69) is 10.1 Å². The molecule has 0 saturated heterocycles. The first-order valence-corrected chi connectivity index (χ1v) is 7.38. The van der Waals surface area contributed by atoms with Gasteiger partial charge >= 0.3 is 18.0 Å². The molecule has 0 aromatic heterocycles. The van der Waals surface area contributed by atoms with Crippen LogP contribution in [0.5, 0.6) is 0 Å². The molecule has 24 heavy (non-hydrogen) atoms. The Labute approximate surface area is 140 Å². The molecule has 0 saturated carbocycles. The molecule has 1 aromatic rings. The van der Waals surface area contributed by atoms with Crippen LogP contribution in [-0.2, 0) is 23.8 Å². The van der Waals surface area contributed by atoms with Gasteiger partial charge in [0.25, 0.3) is 0 Å². The van der Waals surface area contributed by atoms with Crippen LogP contribution in [0, 0.1) is 5.92 Å². The van der Waals surface area contributed by atoms with Crippen molar-refractivity contribution in [2.75, 3.05) is 19.0 Å². The zero-order chi connectivity index (χ0) is 17.9. The van der Waals surface area contributed by atoms with Crippen molar-refractivity contribution in [2.45, 2.75) is 20.0 Å². The predicted octanol–water partition coefficient (Wildman–Crippen LogP) is 2.53. The van der Waals surface area contributed by atoms with Gasteiger partial charge < -0.3 is 14.2 Å². The smallest absolute Gasteiger partial charge is 0.412 e. The Balaban J connectivity index is 2.49. The summed E-state index contributed by atoms with van der Waals surface area (Å²) < 4.78 is 14.6. The minimum Gasteiger partial charge on any atom is -0.466 e. The Morgan fingerprint density at radius 3 is 2.29 bits per heavy atom. The summed E-state index contributed by atoms with van der Waals surface area (Å²) in [6.45, 7) is 3.54. The molecular weight excluding hydrogens is 314 g/mol. The van der Waals surface area contributed by atoms with E-state index < -0.39 is 24.1 Å². The highest BCUT2D eigenvalue weighted by Gasteiger charge is 2.20. The molecule has 0 radical (unpaired) electrons. The van der Waals surface area contributed by atoms with Crippen molar-refractivity contribution >= 4 is 23.7 Å². The number of methoxy groups -OCH3 is 1. The average Bonchev–Trinajstić information content (AvgIpc) is 2.56. The van der Waals surface area contributed by atoms with Crippen LogP contribution in [0.1, 0.15) is 13.8 Å². The van der Waals surface area contributed by atoms with E-state index in [0.717, 1.165) is 12.2 Å². The first-order chi connectivity index (χ1) is 11.4. The molecule has 1 amide bonds. The Morgan fingerprint density at radius 2 is 1.71 bits per heavy atom. The Hall–Kier alpha value is -2.83. The summed E-state index contributed by atoms with van der Waals surface area (Å²) in [7, 11) is 1.20. The van der Waals surface area contributed by atoms with E-state index in [1.807, 2.05) is 19.9 Å². The molecule has 0 spiro atoms. The zero-order valence-corrected chi connectivity index (χ0v) is 13.9. The summed E-state index contributed by atoms with van der Waals surface area (Å²) in [5.74, 6) is -1.45. The second-order valence-electron chi connectivity index (χ2n) is 5.17. The van der Waals surface area contributed by atoms with Crippen molar-refractivity contribution in [1.82, 2.24) is 0 Å². The summed E-state index contributed by atoms with van der Waals surface area (Å²) in [5, 5.41) is 2.59. The van der Waals surface area contributed by atoms with Gasteiger partial charge in [0.15, 0.2) is 0 Å². The summed E-state index contributed by atoms with van der Waals surface area (Å²) in [5.41, 5.74) is 0.600. The van der Waals surface area contributed by atoms with E-state index in [1.165, 1.54) is 7.11 Å². The third-order valence-corrected chi connectivity index (χ3v) is 2.97. The number of carbonyl (C=O) groups excluding carboxylic acids is 3. The summed E-state index contributed by atoms with van der Waals surface area (Å²) in [6, 6.07) is 8.84. The number of rotatable bonds is 7. The lowest BCUT2D eigenvalue weighted by molar-refractivity contribution is -0.142. The number of hydrogen-bond donors (Lipinski definition) is 1. The van der Waals surface area contributed by atoms with Crippen LogP contribution in [0.4, 0.5) is 10.5 Å². The van der Waals surface area contributed by atoms with Crippen LogP contribution >= 0.6 is 0 Å². The summed E-state index contributed by atoms with van der Waals surface area (Å²) in [4.78, 5) is 34.3. The molecule has 0 heterocycles. The number of anilines is 1. The number of carbonyl (C=O) groups is 3. The van der Waals surface area contributed by atoms with E-state index in [9.17, 15) is 14.4 Å². The third kappa shape index (κ3) is 7.44. The number of benzene rings is 1. The number of amides is 1. The van der Waals surface area contributed by atoms with Crippen LogP contribution in [-0.4, -0.2) is 37.9 Å². The molecular formula is C17H21NO6. The SMILES string of the molecule is COC(=O)C=CC(=O)OCC(OC(=O)Nc1ccccc1)C(C)C. The predicted molar refractivity (Wildman–Crippen MR) is 87.3 cm³/mol. The van der Waals surface area contributed by atoms with Crippen molar-refractivity contribution < 1.29 is 28.6 Å². The topological polar surface area (TPSA) is 90.9 Å². The lowest BCUT2D eigenvalue weighted by Crippen LogP contribution is -2.31. The highest BCUT2D eigenvalue weighted by Crippen LogP contribution is 2.11. The van der Waals surface area contributed by atoms with E-state index in [4.69, 9.17) is 9.47 Å². The fourth-order valence-electron chi connectivity index (χ4n) is 1.59. The van der Waals surface area contributed by atoms with Crippen molar-refractivity contribution in [1.29, 1.82) is 0 Å². The van der Waals surface area contributed by atoms with E-state index in [-0.39, 0.29) is 12.5 Å². The first-order valence-electron chi connectivity index (χ1n) is 7.38. The van der Waals surface area contributed by atoms with Crippen LogP contribution < -0.4 is 5.32 Å². The van der Waals surface area contributed by atoms with Crippen LogP contribution in [0.3, 0.4) is 0 Å². The second-order valence-corrected chi connectivity index (χ2v) is 5.17. The summed E-state index contributed by atoms with van der Waals surface area (Å²) in [6.07, 6.45) is 0.647. The number of ether oxygens (including phenoxy) is 3. The second kappa shape index (κ2) is 10.0. The van der Waals surface area contributed by atoms with Crippen molar-refractivity contribution in [3.63, 3.8) is 0 Å². The number of para-hydroxylation sites is 1. The summed E-state index contributed by atoms with van der Waals surface area (Å²) >= 11 is 0. The molecule has 0 bridgehead atoms. The van der Waals surface area contributed by atoms with Gasteiger partial charge in [0.1, 0.15) is 12.7 Å².